The van der Waals surface area contributed by atoms with E-state index >= 15 is 0 Å². The van der Waals surface area contributed by atoms with Gasteiger partial charge in [-0.3, -0.25) is 9.69 Å². The van der Waals surface area contributed by atoms with Crippen LogP contribution in [0.1, 0.15) is 26.2 Å². The van der Waals surface area contributed by atoms with Crippen LogP contribution in [-0.2, 0) is 11.3 Å². The molecular formula is C18H27N5O2S. The number of hydrogen-bond acceptors (Lipinski definition) is 7. The summed E-state index contributed by atoms with van der Waals surface area (Å²) in [5.41, 5.74) is 0. The van der Waals surface area contributed by atoms with E-state index < -0.39 is 0 Å². The molecule has 1 fully saturated rings. The van der Waals surface area contributed by atoms with Crippen LogP contribution in [0.25, 0.3) is 10.8 Å². The van der Waals surface area contributed by atoms with E-state index in [4.69, 9.17) is 4.42 Å². The van der Waals surface area contributed by atoms with E-state index in [0.29, 0.717) is 31.4 Å². The number of amides is 1. The number of nitrogens with zero attached hydrogens (tertiary/aromatic N) is 5. The maximum Gasteiger partial charge on any atom is 0.257 e. The van der Waals surface area contributed by atoms with Gasteiger partial charge in [0.2, 0.25) is 11.8 Å². The Morgan fingerprint density at radius 1 is 1.23 bits per heavy atom. The summed E-state index contributed by atoms with van der Waals surface area (Å²) in [4.78, 5) is 20.2. The average molecular weight is 378 g/mol. The maximum absolute atomic E-state index is 12.8. The number of likely N-dealkylation sites (N-methyl/N-ethyl adjacent to an activating group) is 1. The predicted molar refractivity (Wildman–Crippen MR) is 102 cm³/mol. The normalized spacial score (nSPS) is 16.1. The van der Waals surface area contributed by atoms with Crippen molar-refractivity contribution in [2.24, 2.45) is 0 Å². The smallest absolute Gasteiger partial charge is 0.257 e. The van der Waals surface area contributed by atoms with E-state index in [9.17, 15) is 4.79 Å². The summed E-state index contributed by atoms with van der Waals surface area (Å²) >= 11 is 1.56. The minimum Gasteiger partial charge on any atom is -0.418 e. The zero-order valence-electron chi connectivity index (χ0n) is 15.6. The average Bonchev–Trinajstić information content (AvgIpc) is 3.33. The van der Waals surface area contributed by atoms with Gasteiger partial charge in [-0.2, -0.15) is 0 Å². The van der Waals surface area contributed by atoms with Crippen LogP contribution in [0.2, 0.25) is 0 Å². The van der Waals surface area contributed by atoms with Crippen LogP contribution < -0.4 is 0 Å². The molecule has 1 aliphatic rings. The molecule has 1 aliphatic heterocycles. The van der Waals surface area contributed by atoms with E-state index in [1.165, 1.54) is 0 Å². The van der Waals surface area contributed by atoms with Crippen molar-refractivity contribution < 1.29 is 9.21 Å². The van der Waals surface area contributed by atoms with E-state index in [-0.39, 0.29) is 5.91 Å². The highest BCUT2D eigenvalue weighted by Crippen LogP contribution is 2.23. The van der Waals surface area contributed by atoms with Crippen molar-refractivity contribution in [3.05, 3.63) is 23.4 Å². The van der Waals surface area contributed by atoms with Gasteiger partial charge in [-0.1, -0.05) is 19.9 Å². The molecule has 0 spiro atoms. The van der Waals surface area contributed by atoms with Crippen LogP contribution in [0.3, 0.4) is 0 Å². The van der Waals surface area contributed by atoms with Crippen LogP contribution in [0.5, 0.6) is 0 Å². The standard InChI is InChI=1S/C18H27N5O2S/c1-3-7-23(17(24)14-22-10-8-21(4-2)9-11-22)13-16-19-20-18(25-16)15-6-5-12-26-15/h5-6,12H,3-4,7-11,13-14H2,1-2H3. The SMILES string of the molecule is CCCN(Cc1nnc(-c2cccs2)o1)C(=O)CN1CCN(CC)CC1. The van der Waals surface area contributed by atoms with E-state index in [2.05, 4.69) is 33.8 Å². The van der Waals surface area contributed by atoms with Gasteiger partial charge in [-0.15, -0.1) is 21.5 Å². The van der Waals surface area contributed by atoms with Crippen LogP contribution in [-0.4, -0.2) is 76.6 Å². The van der Waals surface area contributed by atoms with Crippen molar-refractivity contribution in [1.29, 1.82) is 0 Å². The van der Waals surface area contributed by atoms with Gasteiger partial charge in [0, 0.05) is 32.7 Å². The van der Waals surface area contributed by atoms with Gasteiger partial charge in [-0.05, 0) is 24.4 Å². The van der Waals surface area contributed by atoms with Crippen molar-refractivity contribution in [2.45, 2.75) is 26.8 Å². The summed E-state index contributed by atoms with van der Waals surface area (Å²) in [5.74, 6) is 1.15. The molecule has 2 aromatic heterocycles. The minimum absolute atomic E-state index is 0.132. The largest absolute Gasteiger partial charge is 0.418 e. The van der Waals surface area contributed by atoms with Gasteiger partial charge in [-0.25, -0.2) is 0 Å². The quantitative estimate of drug-likeness (QED) is 0.702. The molecule has 0 atom stereocenters. The Morgan fingerprint density at radius 2 is 2.00 bits per heavy atom. The first-order chi connectivity index (χ1) is 12.7. The first-order valence-electron chi connectivity index (χ1n) is 9.28. The van der Waals surface area contributed by atoms with Gasteiger partial charge >= 0.3 is 0 Å². The molecule has 3 heterocycles. The second kappa shape index (κ2) is 9.25. The van der Waals surface area contributed by atoms with Gasteiger partial charge in [0.15, 0.2) is 0 Å². The number of carbonyl (C=O) groups is 1. The number of piperazine rings is 1. The summed E-state index contributed by atoms with van der Waals surface area (Å²) in [7, 11) is 0. The van der Waals surface area contributed by atoms with Crippen molar-refractivity contribution >= 4 is 17.2 Å². The molecule has 2 aromatic rings. The van der Waals surface area contributed by atoms with Crippen molar-refractivity contribution in [1.82, 2.24) is 24.9 Å². The summed E-state index contributed by atoms with van der Waals surface area (Å²) in [6.07, 6.45) is 0.904. The highest BCUT2D eigenvalue weighted by atomic mass is 32.1. The van der Waals surface area contributed by atoms with E-state index in [1.807, 2.05) is 22.4 Å². The number of hydrogen-bond donors (Lipinski definition) is 0. The summed E-state index contributed by atoms with van der Waals surface area (Å²) < 4.78 is 5.75. The molecule has 0 aliphatic carbocycles. The third kappa shape index (κ3) is 4.90. The molecule has 1 amide bonds. The van der Waals surface area contributed by atoms with Crippen LogP contribution in [0.4, 0.5) is 0 Å². The fraction of sp³-hybridized carbons (Fsp3) is 0.611. The van der Waals surface area contributed by atoms with Crippen molar-refractivity contribution in [2.75, 3.05) is 45.8 Å². The van der Waals surface area contributed by atoms with Gasteiger partial charge < -0.3 is 14.2 Å². The third-order valence-electron chi connectivity index (χ3n) is 4.64. The lowest BCUT2D eigenvalue weighted by Gasteiger charge is -2.34. The Kier molecular flexibility index (Phi) is 6.76. The Labute approximate surface area is 158 Å². The highest BCUT2D eigenvalue weighted by molar-refractivity contribution is 7.13. The molecule has 3 rings (SSSR count). The maximum atomic E-state index is 12.8. The molecule has 0 unspecified atom stereocenters. The number of thiophene rings is 1. The number of aromatic nitrogens is 2. The molecule has 1 saturated heterocycles. The molecule has 0 N–H and O–H groups in total. The zero-order valence-corrected chi connectivity index (χ0v) is 16.4. The molecule has 0 saturated carbocycles. The van der Waals surface area contributed by atoms with Crippen LogP contribution in [0.15, 0.2) is 21.9 Å². The highest BCUT2D eigenvalue weighted by Gasteiger charge is 2.22. The molecule has 0 radical (unpaired) electrons. The molecular weight excluding hydrogens is 350 g/mol. The summed E-state index contributed by atoms with van der Waals surface area (Å²) in [5, 5.41) is 10.2. The lowest BCUT2D eigenvalue weighted by molar-refractivity contribution is -0.133. The monoisotopic (exact) mass is 377 g/mol. The van der Waals surface area contributed by atoms with Crippen molar-refractivity contribution in [3.63, 3.8) is 0 Å². The molecule has 0 aromatic carbocycles. The van der Waals surface area contributed by atoms with E-state index in [1.54, 1.807) is 11.3 Å². The summed E-state index contributed by atoms with van der Waals surface area (Å²) in [6.45, 7) is 10.8. The second-order valence-electron chi connectivity index (χ2n) is 6.50. The number of carbonyl (C=O) groups excluding carboxylic acids is 1. The van der Waals surface area contributed by atoms with Crippen molar-refractivity contribution in [3.8, 4) is 10.8 Å². The summed E-state index contributed by atoms with van der Waals surface area (Å²) in [6, 6.07) is 3.90. The molecule has 0 bridgehead atoms. The second-order valence-corrected chi connectivity index (χ2v) is 7.45. The zero-order chi connectivity index (χ0) is 18.4. The number of rotatable bonds is 8. The first kappa shape index (κ1) is 19.0. The Morgan fingerprint density at radius 3 is 2.65 bits per heavy atom. The molecule has 142 valence electrons. The Balaban J connectivity index is 1.57. The Bertz CT molecular complexity index is 680. The van der Waals surface area contributed by atoms with Crippen LogP contribution >= 0.6 is 11.3 Å². The topological polar surface area (TPSA) is 65.7 Å². The Hall–Kier alpha value is -1.77. The van der Waals surface area contributed by atoms with Gasteiger partial charge in [0.25, 0.3) is 5.89 Å². The van der Waals surface area contributed by atoms with Gasteiger partial charge in [0.1, 0.15) is 0 Å². The fourth-order valence-electron chi connectivity index (χ4n) is 3.10. The minimum atomic E-state index is 0.132. The molecule has 26 heavy (non-hydrogen) atoms. The first-order valence-corrected chi connectivity index (χ1v) is 10.2. The molecule has 8 heteroatoms. The molecule has 7 nitrogen and oxygen atoms in total. The fourth-order valence-corrected chi connectivity index (χ4v) is 3.74. The lowest BCUT2D eigenvalue weighted by Crippen LogP contribution is -2.49. The van der Waals surface area contributed by atoms with Gasteiger partial charge in [0.05, 0.1) is 18.0 Å². The van der Waals surface area contributed by atoms with Crippen LogP contribution in [0, 0.1) is 0 Å². The third-order valence-corrected chi connectivity index (χ3v) is 5.50. The predicted octanol–water partition coefficient (Wildman–Crippen LogP) is 2.17. The lowest BCUT2D eigenvalue weighted by atomic mass is 10.3. The van der Waals surface area contributed by atoms with E-state index in [0.717, 1.165) is 44.0 Å².